The van der Waals surface area contributed by atoms with Crippen LogP contribution in [-0.4, -0.2) is 42.9 Å². The first-order chi connectivity index (χ1) is 9.34. The molecule has 0 saturated carbocycles. The minimum absolute atomic E-state index is 0.0152. The number of nitrogens with one attached hydrogen (secondary N) is 2. The zero-order chi connectivity index (χ0) is 14.8. The van der Waals surface area contributed by atoms with Crippen LogP contribution in [0, 0.1) is 0 Å². The van der Waals surface area contributed by atoms with E-state index < -0.39 is 15.4 Å². The molecule has 110 valence electrons. The first-order valence-corrected chi connectivity index (χ1v) is 8.40. The van der Waals surface area contributed by atoms with Crippen molar-refractivity contribution < 1.29 is 13.2 Å². The summed E-state index contributed by atoms with van der Waals surface area (Å²) in [7, 11) is -3.05. The molecule has 1 atom stereocenters. The fourth-order valence-electron chi connectivity index (χ4n) is 2.29. The first-order valence-electron chi connectivity index (χ1n) is 6.57. The number of carbonyl (C=O) groups excluding carboxylic acids is 1. The summed E-state index contributed by atoms with van der Waals surface area (Å²) in [5, 5.41) is 5.82. The topological polar surface area (TPSA) is 88.2 Å². The van der Waals surface area contributed by atoms with Gasteiger partial charge in [0.25, 0.3) is 5.91 Å². The molecule has 0 spiro atoms. The number of sulfone groups is 1. The SMILES string of the molecule is CCNc1cccc(C(=O)NC2(C)CCS(=O)(=O)C2)n1. The predicted molar refractivity (Wildman–Crippen MR) is 77.5 cm³/mol. The molecule has 0 aliphatic carbocycles. The predicted octanol–water partition coefficient (Wildman–Crippen LogP) is 0.820. The maximum Gasteiger partial charge on any atom is 0.270 e. The summed E-state index contributed by atoms with van der Waals surface area (Å²) in [5.41, 5.74) is -0.417. The largest absolute Gasteiger partial charge is 0.370 e. The highest BCUT2D eigenvalue weighted by molar-refractivity contribution is 7.91. The normalized spacial score (nSPS) is 24.3. The molecule has 1 aromatic rings. The Kier molecular flexibility index (Phi) is 3.99. The number of hydrogen-bond donors (Lipinski definition) is 2. The monoisotopic (exact) mass is 297 g/mol. The summed E-state index contributed by atoms with van der Waals surface area (Å²) < 4.78 is 23.1. The average molecular weight is 297 g/mol. The third kappa shape index (κ3) is 3.47. The van der Waals surface area contributed by atoms with Crippen LogP contribution >= 0.6 is 0 Å². The van der Waals surface area contributed by atoms with Gasteiger partial charge in [-0.3, -0.25) is 4.79 Å². The van der Waals surface area contributed by atoms with Gasteiger partial charge >= 0.3 is 0 Å². The van der Waals surface area contributed by atoms with Crippen LogP contribution in [-0.2, 0) is 9.84 Å². The molecule has 1 amide bonds. The van der Waals surface area contributed by atoms with Gasteiger partial charge in [-0.15, -0.1) is 0 Å². The Morgan fingerprint density at radius 2 is 2.20 bits per heavy atom. The molecular weight excluding hydrogens is 278 g/mol. The minimum atomic E-state index is -3.05. The van der Waals surface area contributed by atoms with Gasteiger partial charge in [0.1, 0.15) is 11.5 Å². The number of pyridine rings is 1. The highest BCUT2D eigenvalue weighted by Crippen LogP contribution is 2.23. The lowest BCUT2D eigenvalue weighted by molar-refractivity contribution is 0.0910. The summed E-state index contributed by atoms with van der Waals surface area (Å²) in [5.74, 6) is 0.390. The van der Waals surface area contributed by atoms with Gasteiger partial charge in [0.2, 0.25) is 0 Å². The molecule has 7 heteroatoms. The van der Waals surface area contributed by atoms with E-state index in [1.54, 1.807) is 25.1 Å². The van der Waals surface area contributed by atoms with Gasteiger partial charge in [-0.2, -0.15) is 0 Å². The lowest BCUT2D eigenvalue weighted by Gasteiger charge is -2.23. The quantitative estimate of drug-likeness (QED) is 0.859. The Hall–Kier alpha value is -1.63. The molecular formula is C13H19N3O3S. The maximum absolute atomic E-state index is 12.2. The molecule has 1 aliphatic rings. The van der Waals surface area contributed by atoms with Crippen molar-refractivity contribution in [3.63, 3.8) is 0 Å². The molecule has 20 heavy (non-hydrogen) atoms. The molecule has 1 unspecified atom stereocenters. The molecule has 6 nitrogen and oxygen atoms in total. The van der Waals surface area contributed by atoms with E-state index in [1.165, 1.54) is 0 Å². The third-order valence-corrected chi connectivity index (χ3v) is 5.16. The van der Waals surface area contributed by atoms with Crippen molar-refractivity contribution in [2.24, 2.45) is 0 Å². The van der Waals surface area contributed by atoms with Crippen LogP contribution in [0.4, 0.5) is 5.82 Å². The van der Waals surface area contributed by atoms with Crippen LogP contribution in [0.1, 0.15) is 30.8 Å². The van der Waals surface area contributed by atoms with Crippen LogP contribution < -0.4 is 10.6 Å². The highest BCUT2D eigenvalue weighted by atomic mass is 32.2. The Labute approximate surface area is 118 Å². The van der Waals surface area contributed by atoms with Crippen molar-refractivity contribution in [3.05, 3.63) is 23.9 Å². The Morgan fingerprint density at radius 1 is 1.45 bits per heavy atom. The lowest BCUT2D eigenvalue weighted by atomic mass is 10.0. The Balaban J connectivity index is 2.11. The molecule has 0 aromatic carbocycles. The van der Waals surface area contributed by atoms with E-state index in [2.05, 4.69) is 15.6 Å². The molecule has 1 aromatic heterocycles. The standard InChI is InChI=1S/C13H19N3O3S/c1-3-14-11-6-4-5-10(15-11)12(17)16-13(2)7-8-20(18,19)9-13/h4-6H,3,7-9H2,1-2H3,(H,14,15)(H,16,17). The summed E-state index contributed by atoms with van der Waals surface area (Å²) >= 11 is 0. The van der Waals surface area contributed by atoms with Crippen LogP contribution in [0.25, 0.3) is 0 Å². The van der Waals surface area contributed by atoms with Gasteiger partial charge in [0.05, 0.1) is 17.0 Å². The van der Waals surface area contributed by atoms with Gasteiger partial charge in [0.15, 0.2) is 9.84 Å². The Morgan fingerprint density at radius 3 is 2.80 bits per heavy atom. The third-order valence-electron chi connectivity index (χ3n) is 3.26. The second kappa shape index (κ2) is 5.40. The number of aromatic nitrogens is 1. The first kappa shape index (κ1) is 14.8. The van der Waals surface area contributed by atoms with Gasteiger partial charge in [-0.25, -0.2) is 13.4 Å². The molecule has 1 saturated heterocycles. The minimum Gasteiger partial charge on any atom is -0.370 e. The summed E-state index contributed by atoms with van der Waals surface area (Å²) in [6.07, 6.45) is 0.438. The smallest absolute Gasteiger partial charge is 0.270 e. The molecule has 0 radical (unpaired) electrons. The van der Waals surface area contributed by atoms with Crippen LogP contribution in [0.3, 0.4) is 0 Å². The van der Waals surface area contributed by atoms with Gasteiger partial charge < -0.3 is 10.6 Å². The molecule has 2 rings (SSSR count). The zero-order valence-corrected chi connectivity index (χ0v) is 12.5. The maximum atomic E-state index is 12.2. The van der Waals surface area contributed by atoms with Gasteiger partial charge in [-0.05, 0) is 32.4 Å². The molecule has 2 heterocycles. The second-order valence-electron chi connectivity index (χ2n) is 5.30. The highest BCUT2D eigenvalue weighted by Gasteiger charge is 2.39. The Bertz CT molecular complexity index is 615. The van der Waals surface area contributed by atoms with E-state index in [0.717, 1.165) is 0 Å². The van der Waals surface area contributed by atoms with Crippen LogP contribution in [0.15, 0.2) is 18.2 Å². The van der Waals surface area contributed by atoms with Crippen molar-refractivity contribution in [2.45, 2.75) is 25.8 Å². The average Bonchev–Trinajstić information content (AvgIpc) is 2.64. The van der Waals surface area contributed by atoms with E-state index >= 15 is 0 Å². The lowest BCUT2D eigenvalue weighted by Crippen LogP contribution is -2.47. The number of anilines is 1. The van der Waals surface area contributed by atoms with Crippen LogP contribution in [0.2, 0.25) is 0 Å². The van der Waals surface area contributed by atoms with Gasteiger partial charge in [0, 0.05) is 6.54 Å². The number of rotatable bonds is 4. The number of nitrogens with zero attached hydrogens (tertiary/aromatic N) is 1. The summed E-state index contributed by atoms with van der Waals surface area (Å²) in [4.78, 5) is 16.4. The number of hydrogen-bond acceptors (Lipinski definition) is 5. The zero-order valence-electron chi connectivity index (χ0n) is 11.6. The second-order valence-corrected chi connectivity index (χ2v) is 7.48. The van der Waals surface area contributed by atoms with E-state index in [1.807, 2.05) is 6.92 Å². The molecule has 1 fully saturated rings. The van der Waals surface area contributed by atoms with Crippen molar-refractivity contribution in [1.29, 1.82) is 0 Å². The number of amides is 1. The molecule has 1 aliphatic heterocycles. The van der Waals surface area contributed by atoms with E-state index in [-0.39, 0.29) is 23.1 Å². The van der Waals surface area contributed by atoms with Crippen molar-refractivity contribution in [1.82, 2.24) is 10.3 Å². The fourth-order valence-corrected chi connectivity index (χ4v) is 4.38. The van der Waals surface area contributed by atoms with E-state index in [9.17, 15) is 13.2 Å². The van der Waals surface area contributed by atoms with E-state index in [4.69, 9.17) is 0 Å². The molecule has 0 bridgehead atoms. The van der Waals surface area contributed by atoms with Crippen LogP contribution in [0.5, 0.6) is 0 Å². The molecule has 2 N–H and O–H groups in total. The van der Waals surface area contributed by atoms with Crippen molar-refractivity contribution in [2.75, 3.05) is 23.4 Å². The summed E-state index contributed by atoms with van der Waals surface area (Å²) in [6.45, 7) is 4.41. The van der Waals surface area contributed by atoms with E-state index in [0.29, 0.717) is 18.8 Å². The number of carbonyl (C=O) groups is 1. The fraction of sp³-hybridized carbons (Fsp3) is 0.538. The van der Waals surface area contributed by atoms with Crippen molar-refractivity contribution >= 4 is 21.6 Å². The van der Waals surface area contributed by atoms with Gasteiger partial charge in [-0.1, -0.05) is 6.07 Å². The van der Waals surface area contributed by atoms with Crippen molar-refractivity contribution in [3.8, 4) is 0 Å². The summed E-state index contributed by atoms with van der Waals surface area (Å²) in [6, 6.07) is 5.14.